The zero-order chi connectivity index (χ0) is 18.9. The van der Waals surface area contributed by atoms with Gasteiger partial charge in [-0.3, -0.25) is 4.98 Å². The third kappa shape index (κ3) is 3.38. The molecule has 0 saturated carbocycles. The molecule has 0 fully saturated rings. The van der Waals surface area contributed by atoms with E-state index in [1.54, 1.807) is 24.5 Å². The van der Waals surface area contributed by atoms with Crippen LogP contribution in [0.1, 0.15) is 16.7 Å². The molecule has 4 nitrogen and oxygen atoms in total. The highest BCUT2D eigenvalue weighted by molar-refractivity contribution is 7.90. The highest BCUT2D eigenvalue weighted by atomic mass is 32.2. The molecular weight excluding hydrogens is 356 g/mol. The van der Waals surface area contributed by atoms with Crippen molar-refractivity contribution in [3.63, 3.8) is 0 Å². The lowest BCUT2D eigenvalue weighted by atomic mass is 10.1. The summed E-state index contributed by atoms with van der Waals surface area (Å²) in [7, 11) is -3.64. The van der Waals surface area contributed by atoms with E-state index in [4.69, 9.17) is 0 Å². The molecule has 0 aliphatic carbocycles. The van der Waals surface area contributed by atoms with Gasteiger partial charge in [0.2, 0.25) is 0 Å². The van der Waals surface area contributed by atoms with Crippen LogP contribution in [0.15, 0.2) is 84.1 Å². The molecule has 0 radical (unpaired) electrons. The molecule has 0 N–H and O–H groups in total. The third-order valence-electron chi connectivity index (χ3n) is 4.74. The van der Waals surface area contributed by atoms with Gasteiger partial charge >= 0.3 is 0 Å². The summed E-state index contributed by atoms with van der Waals surface area (Å²) in [5.41, 5.74) is 3.89. The predicted octanol–water partition coefficient (Wildman–Crippen LogP) is 4.37. The molecule has 2 aromatic carbocycles. The number of aryl methyl sites for hydroxylation is 3. The van der Waals surface area contributed by atoms with Gasteiger partial charge in [-0.2, -0.15) is 0 Å². The highest BCUT2D eigenvalue weighted by Gasteiger charge is 2.20. The number of rotatable bonds is 5. The van der Waals surface area contributed by atoms with Gasteiger partial charge in [0, 0.05) is 24.0 Å². The molecule has 27 heavy (non-hydrogen) atoms. The van der Waals surface area contributed by atoms with Crippen LogP contribution < -0.4 is 0 Å². The topological polar surface area (TPSA) is 52.0 Å². The fourth-order valence-electron chi connectivity index (χ4n) is 3.26. The van der Waals surface area contributed by atoms with Crippen LogP contribution >= 0.6 is 0 Å². The van der Waals surface area contributed by atoms with E-state index in [1.807, 2.05) is 61.7 Å². The smallest absolute Gasteiger partial charge is 0.264 e. The van der Waals surface area contributed by atoms with Crippen molar-refractivity contribution in [3.8, 4) is 0 Å². The molecule has 5 heteroatoms. The maximum Gasteiger partial charge on any atom is 0.268 e. The number of pyridine rings is 1. The Morgan fingerprint density at radius 3 is 2.44 bits per heavy atom. The minimum Gasteiger partial charge on any atom is -0.264 e. The van der Waals surface area contributed by atoms with Gasteiger partial charge in [0.1, 0.15) is 0 Å². The summed E-state index contributed by atoms with van der Waals surface area (Å²) in [6, 6.07) is 18.6. The number of nitrogens with zero attached hydrogens (tertiary/aromatic N) is 2. The van der Waals surface area contributed by atoms with Gasteiger partial charge in [-0.25, -0.2) is 12.4 Å². The number of fused-ring (bicyclic) bond motifs is 1. The van der Waals surface area contributed by atoms with Gasteiger partial charge in [0.05, 0.1) is 10.4 Å². The molecule has 0 saturated heterocycles. The maximum atomic E-state index is 13.2. The van der Waals surface area contributed by atoms with Crippen molar-refractivity contribution >= 4 is 20.9 Å². The fraction of sp³-hybridized carbons (Fsp3) is 0.136. The number of hydrogen-bond acceptors (Lipinski definition) is 3. The molecule has 0 aliphatic rings. The zero-order valence-electron chi connectivity index (χ0n) is 15.0. The van der Waals surface area contributed by atoms with Crippen molar-refractivity contribution in [2.24, 2.45) is 0 Å². The molecular formula is C22H20N2O2S. The molecule has 0 bridgehead atoms. The molecule has 4 aromatic rings. The highest BCUT2D eigenvalue weighted by Crippen LogP contribution is 2.27. The van der Waals surface area contributed by atoms with E-state index in [0.29, 0.717) is 10.4 Å². The van der Waals surface area contributed by atoms with Gasteiger partial charge in [0.25, 0.3) is 10.0 Å². The molecule has 136 valence electrons. The molecule has 0 unspecified atom stereocenters. The molecule has 0 atom stereocenters. The first-order chi connectivity index (χ1) is 13.1. The molecule has 0 amide bonds. The largest absolute Gasteiger partial charge is 0.268 e. The second kappa shape index (κ2) is 7.00. The Kier molecular flexibility index (Phi) is 4.54. The standard InChI is InChI=1S/C22H20N2O2S/c1-17-8-12-20(13-9-17)27(25,26)24-16-19(21-6-2-3-7-22(21)24)11-10-18-5-4-14-23-15-18/h2-9,12-16H,10-11H2,1H3. The van der Waals surface area contributed by atoms with E-state index in [0.717, 1.165) is 34.9 Å². The monoisotopic (exact) mass is 376 g/mol. The van der Waals surface area contributed by atoms with Crippen molar-refractivity contribution in [2.75, 3.05) is 0 Å². The Bertz CT molecular complexity index is 1180. The van der Waals surface area contributed by atoms with Crippen LogP contribution in [0.4, 0.5) is 0 Å². The number of aromatic nitrogens is 2. The van der Waals surface area contributed by atoms with E-state index in [1.165, 1.54) is 3.97 Å². The Morgan fingerprint density at radius 2 is 1.70 bits per heavy atom. The van der Waals surface area contributed by atoms with Crippen LogP contribution in [0.3, 0.4) is 0 Å². The van der Waals surface area contributed by atoms with Gasteiger partial charge in [-0.1, -0.05) is 42.0 Å². The molecule has 2 aromatic heterocycles. The van der Waals surface area contributed by atoms with Crippen molar-refractivity contribution < 1.29 is 8.42 Å². The Balaban J connectivity index is 1.76. The first-order valence-corrected chi connectivity index (χ1v) is 10.3. The van der Waals surface area contributed by atoms with Crippen LogP contribution in [0, 0.1) is 6.92 Å². The summed E-state index contributed by atoms with van der Waals surface area (Å²) < 4.78 is 27.8. The molecule has 2 heterocycles. The summed E-state index contributed by atoms with van der Waals surface area (Å²) in [4.78, 5) is 4.45. The molecule has 0 spiro atoms. The van der Waals surface area contributed by atoms with Gasteiger partial charge in [-0.05, 0) is 55.2 Å². The van der Waals surface area contributed by atoms with E-state index in [2.05, 4.69) is 4.98 Å². The van der Waals surface area contributed by atoms with Crippen molar-refractivity contribution in [1.29, 1.82) is 0 Å². The Labute approximate surface area is 159 Å². The minimum absolute atomic E-state index is 0.299. The summed E-state index contributed by atoms with van der Waals surface area (Å²) in [5.74, 6) is 0. The van der Waals surface area contributed by atoms with Crippen LogP contribution in [0.25, 0.3) is 10.9 Å². The average molecular weight is 376 g/mol. The number of para-hydroxylation sites is 1. The van der Waals surface area contributed by atoms with E-state index in [-0.39, 0.29) is 0 Å². The summed E-state index contributed by atoms with van der Waals surface area (Å²) >= 11 is 0. The van der Waals surface area contributed by atoms with E-state index in [9.17, 15) is 8.42 Å². The fourth-order valence-corrected chi connectivity index (χ4v) is 4.66. The first kappa shape index (κ1) is 17.5. The number of hydrogen-bond donors (Lipinski definition) is 0. The lowest BCUT2D eigenvalue weighted by Gasteiger charge is -2.07. The summed E-state index contributed by atoms with van der Waals surface area (Å²) in [6.07, 6.45) is 6.93. The average Bonchev–Trinajstić information content (AvgIpc) is 3.07. The Morgan fingerprint density at radius 1 is 0.926 bits per heavy atom. The summed E-state index contributed by atoms with van der Waals surface area (Å²) in [5, 5.41) is 0.970. The van der Waals surface area contributed by atoms with Gasteiger partial charge in [0.15, 0.2) is 0 Å². The van der Waals surface area contributed by atoms with Crippen LogP contribution in [0.5, 0.6) is 0 Å². The first-order valence-electron chi connectivity index (χ1n) is 8.86. The third-order valence-corrected chi connectivity index (χ3v) is 6.43. The van der Waals surface area contributed by atoms with Crippen LogP contribution in [-0.2, 0) is 22.9 Å². The quantitative estimate of drug-likeness (QED) is 0.520. The van der Waals surface area contributed by atoms with Crippen LogP contribution in [0.2, 0.25) is 0 Å². The molecule has 4 rings (SSSR count). The lowest BCUT2D eigenvalue weighted by molar-refractivity contribution is 0.589. The minimum atomic E-state index is -3.64. The van der Waals surface area contributed by atoms with E-state index < -0.39 is 10.0 Å². The van der Waals surface area contributed by atoms with Gasteiger partial charge < -0.3 is 0 Å². The maximum absolute atomic E-state index is 13.2. The predicted molar refractivity (Wildman–Crippen MR) is 107 cm³/mol. The second-order valence-electron chi connectivity index (χ2n) is 6.65. The number of benzene rings is 2. The van der Waals surface area contributed by atoms with Crippen molar-refractivity contribution in [3.05, 3.63) is 95.9 Å². The normalized spacial score (nSPS) is 11.7. The van der Waals surface area contributed by atoms with Crippen molar-refractivity contribution in [1.82, 2.24) is 8.96 Å². The Hall–Kier alpha value is -2.92. The van der Waals surface area contributed by atoms with E-state index >= 15 is 0 Å². The SMILES string of the molecule is Cc1ccc(S(=O)(=O)n2cc(CCc3cccnc3)c3ccccc32)cc1. The van der Waals surface area contributed by atoms with Crippen LogP contribution in [-0.4, -0.2) is 17.4 Å². The lowest BCUT2D eigenvalue weighted by Crippen LogP contribution is -2.11. The second-order valence-corrected chi connectivity index (χ2v) is 8.46. The zero-order valence-corrected chi connectivity index (χ0v) is 15.9. The molecule has 0 aliphatic heterocycles. The van der Waals surface area contributed by atoms with Crippen molar-refractivity contribution in [2.45, 2.75) is 24.7 Å². The summed E-state index contributed by atoms with van der Waals surface area (Å²) in [6.45, 7) is 1.94. The van der Waals surface area contributed by atoms with Gasteiger partial charge in [-0.15, -0.1) is 0 Å².